The fourth-order valence-electron chi connectivity index (χ4n) is 3.28. The van der Waals surface area contributed by atoms with Crippen molar-refractivity contribution in [3.8, 4) is 5.75 Å². The molecule has 0 saturated carbocycles. The number of nitrogens with zero attached hydrogens (tertiary/aromatic N) is 3. The number of thioether (sulfide) groups is 1. The lowest BCUT2D eigenvalue weighted by Gasteiger charge is -2.29. The minimum Gasteiger partial charge on any atom is -0.496 e. The zero-order valence-electron chi connectivity index (χ0n) is 16.8. The number of hydrogen-bond acceptors (Lipinski definition) is 7. The highest BCUT2D eigenvalue weighted by molar-refractivity contribution is 8.00. The van der Waals surface area contributed by atoms with Crippen molar-refractivity contribution in [3.05, 3.63) is 54.1 Å². The van der Waals surface area contributed by atoms with Crippen molar-refractivity contribution in [2.75, 3.05) is 44.1 Å². The molecule has 0 radical (unpaired) electrons. The van der Waals surface area contributed by atoms with Crippen molar-refractivity contribution in [2.24, 2.45) is 0 Å². The third-order valence-corrected chi connectivity index (χ3v) is 5.79. The maximum absolute atomic E-state index is 12.5. The van der Waals surface area contributed by atoms with Crippen LogP contribution in [0.2, 0.25) is 0 Å². The number of anilines is 1. The van der Waals surface area contributed by atoms with E-state index in [1.54, 1.807) is 7.11 Å². The number of fused-ring (bicyclic) bond motifs is 1. The Labute approximate surface area is 179 Å². The number of methoxy groups -OCH3 is 1. The topological polar surface area (TPSA) is 76.6 Å². The number of aromatic nitrogens is 2. The lowest BCUT2D eigenvalue weighted by molar-refractivity contribution is -0.118. The summed E-state index contributed by atoms with van der Waals surface area (Å²) in [5.41, 5.74) is 2.62. The van der Waals surface area contributed by atoms with Crippen LogP contribution in [0.4, 0.5) is 5.82 Å². The second kappa shape index (κ2) is 9.77. The predicted octanol–water partition coefficient (Wildman–Crippen LogP) is 2.88. The smallest absolute Gasteiger partial charge is 0.230 e. The van der Waals surface area contributed by atoms with Gasteiger partial charge in [0, 0.05) is 25.2 Å². The maximum Gasteiger partial charge on any atom is 0.230 e. The fourth-order valence-corrected chi connectivity index (χ4v) is 4.12. The molecule has 2 heterocycles. The van der Waals surface area contributed by atoms with Gasteiger partial charge < -0.3 is 19.7 Å². The lowest BCUT2D eigenvalue weighted by Crippen LogP contribution is -2.37. The molecule has 1 aromatic heterocycles. The Morgan fingerprint density at radius 3 is 2.57 bits per heavy atom. The Hall–Kier alpha value is -2.84. The number of para-hydroxylation sites is 3. The summed E-state index contributed by atoms with van der Waals surface area (Å²) in [6, 6.07) is 15.5. The predicted molar refractivity (Wildman–Crippen MR) is 118 cm³/mol. The number of carbonyl (C=O) groups is 1. The van der Waals surface area contributed by atoms with Crippen molar-refractivity contribution in [2.45, 2.75) is 11.6 Å². The van der Waals surface area contributed by atoms with Crippen LogP contribution in [0.1, 0.15) is 5.56 Å². The number of hydrogen-bond donors (Lipinski definition) is 1. The van der Waals surface area contributed by atoms with E-state index in [0.29, 0.717) is 19.8 Å². The summed E-state index contributed by atoms with van der Waals surface area (Å²) >= 11 is 1.41. The zero-order chi connectivity index (χ0) is 20.8. The Morgan fingerprint density at radius 1 is 1.10 bits per heavy atom. The van der Waals surface area contributed by atoms with Crippen LogP contribution in [0.5, 0.6) is 5.75 Å². The zero-order valence-corrected chi connectivity index (χ0v) is 17.7. The molecule has 1 aliphatic rings. The second-order valence-electron chi connectivity index (χ2n) is 6.82. The largest absolute Gasteiger partial charge is 0.496 e. The Balaban J connectivity index is 1.46. The number of carbonyl (C=O) groups excluding carboxylic acids is 1. The molecular formula is C22H24N4O3S. The Morgan fingerprint density at radius 2 is 1.80 bits per heavy atom. The van der Waals surface area contributed by atoms with Gasteiger partial charge in [0.25, 0.3) is 0 Å². The van der Waals surface area contributed by atoms with Gasteiger partial charge in [0.2, 0.25) is 5.91 Å². The van der Waals surface area contributed by atoms with Gasteiger partial charge in [0.05, 0.1) is 37.1 Å². The molecule has 0 aliphatic carbocycles. The van der Waals surface area contributed by atoms with Crippen molar-refractivity contribution in [1.29, 1.82) is 0 Å². The Kier molecular flexibility index (Phi) is 6.66. The minimum atomic E-state index is -0.0613. The highest BCUT2D eigenvalue weighted by atomic mass is 32.2. The summed E-state index contributed by atoms with van der Waals surface area (Å²) in [7, 11) is 1.63. The van der Waals surface area contributed by atoms with Gasteiger partial charge in [0.1, 0.15) is 10.8 Å². The fraction of sp³-hybridized carbons (Fsp3) is 0.318. The molecule has 2 aromatic carbocycles. The van der Waals surface area contributed by atoms with Gasteiger partial charge in [-0.3, -0.25) is 4.79 Å². The quantitative estimate of drug-likeness (QED) is 0.585. The molecule has 0 bridgehead atoms. The van der Waals surface area contributed by atoms with E-state index in [4.69, 9.17) is 19.4 Å². The van der Waals surface area contributed by atoms with Crippen molar-refractivity contribution in [3.63, 3.8) is 0 Å². The molecule has 0 unspecified atom stereocenters. The molecule has 0 atom stereocenters. The molecule has 8 heteroatoms. The van der Waals surface area contributed by atoms with Gasteiger partial charge in [-0.2, -0.15) is 0 Å². The third-order valence-electron chi connectivity index (χ3n) is 4.84. The molecule has 30 heavy (non-hydrogen) atoms. The van der Waals surface area contributed by atoms with Crippen LogP contribution in [0.3, 0.4) is 0 Å². The summed E-state index contributed by atoms with van der Waals surface area (Å²) in [6.07, 6.45) is 0. The highest BCUT2D eigenvalue weighted by Gasteiger charge is 2.19. The first-order valence-corrected chi connectivity index (χ1v) is 10.8. The van der Waals surface area contributed by atoms with Gasteiger partial charge in [-0.25, -0.2) is 9.97 Å². The molecule has 4 rings (SSSR count). The van der Waals surface area contributed by atoms with Crippen molar-refractivity contribution in [1.82, 2.24) is 15.3 Å². The number of nitrogens with one attached hydrogen (secondary N) is 1. The summed E-state index contributed by atoms with van der Waals surface area (Å²) in [5, 5.41) is 3.73. The normalized spacial score (nSPS) is 14.0. The summed E-state index contributed by atoms with van der Waals surface area (Å²) in [4.78, 5) is 24.3. The molecule has 7 nitrogen and oxygen atoms in total. The molecule has 156 valence electrons. The van der Waals surface area contributed by atoms with Crippen LogP contribution in [0.25, 0.3) is 11.0 Å². The molecule has 0 spiro atoms. The average Bonchev–Trinajstić information content (AvgIpc) is 2.81. The first-order chi connectivity index (χ1) is 14.7. The van der Waals surface area contributed by atoms with Crippen LogP contribution >= 0.6 is 11.8 Å². The van der Waals surface area contributed by atoms with E-state index in [-0.39, 0.29) is 11.7 Å². The lowest BCUT2D eigenvalue weighted by atomic mass is 10.2. The number of amides is 1. The molecule has 3 aromatic rings. The van der Waals surface area contributed by atoms with Crippen LogP contribution in [-0.4, -0.2) is 55.0 Å². The molecular weight excluding hydrogens is 400 g/mol. The maximum atomic E-state index is 12.5. The monoisotopic (exact) mass is 424 g/mol. The van der Waals surface area contributed by atoms with E-state index < -0.39 is 0 Å². The summed E-state index contributed by atoms with van der Waals surface area (Å²) < 4.78 is 10.8. The van der Waals surface area contributed by atoms with E-state index in [9.17, 15) is 4.79 Å². The number of morpholine rings is 1. The van der Waals surface area contributed by atoms with E-state index in [0.717, 1.165) is 46.3 Å². The molecule has 1 N–H and O–H groups in total. The van der Waals surface area contributed by atoms with Gasteiger partial charge >= 0.3 is 0 Å². The molecule has 1 aliphatic heterocycles. The van der Waals surface area contributed by atoms with Crippen LogP contribution in [0, 0.1) is 0 Å². The van der Waals surface area contributed by atoms with Gasteiger partial charge in [-0.05, 0) is 18.2 Å². The Bertz CT molecular complexity index is 1020. The van der Waals surface area contributed by atoms with E-state index in [1.807, 2.05) is 48.5 Å². The molecule has 1 amide bonds. The van der Waals surface area contributed by atoms with Gasteiger partial charge in [0.15, 0.2) is 5.82 Å². The number of ether oxygens (including phenoxy) is 2. The SMILES string of the molecule is COc1ccccc1CNC(=O)CSc1nc2ccccc2nc1N1CCOCC1. The first kappa shape index (κ1) is 20.4. The van der Waals surface area contributed by atoms with Crippen LogP contribution in [-0.2, 0) is 16.1 Å². The average molecular weight is 425 g/mol. The van der Waals surface area contributed by atoms with Gasteiger partial charge in [-0.15, -0.1) is 0 Å². The highest BCUT2D eigenvalue weighted by Crippen LogP contribution is 2.29. The summed E-state index contributed by atoms with van der Waals surface area (Å²) in [5.74, 6) is 1.79. The molecule has 1 saturated heterocycles. The standard InChI is InChI=1S/C22H24N4O3S/c1-28-19-9-5-2-6-16(19)14-23-20(27)15-30-22-21(26-10-12-29-13-11-26)24-17-7-3-4-8-18(17)25-22/h2-9H,10-15H2,1H3,(H,23,27). The number of rotatable bonds is 7. The molecule has 1 fully saturated rings. The number of benzene rings is 2. The van der Waals surface area contributed by atoms with Crippen molar-refractivity contribution < 1.29 is 14.3 Å². The van der Waals surface area contributed by atoms with Crippen molar-refractivity contribution >= 4 is 34.5 Å². The van der Waals surface area contributed by atoms with E-state index in [2.05, 4.69) is 10.2 Å². The van der Waals surface area contributed by atoms with Crippen LogP contribution in [0.15, 0.2) is 53.6 Å². The van der Waals surface area contributed by atoms with E-state index >= 15 is 0 Å². The third kappa shape index (κ3) is 4.83. The second-order valence-corrected chi connectivity index (χ2v) is 7.78. The first-order valence-electron chi connectivity index (χ1n) is 9.85. The van der Waals surface area contributed by atoms with Crippen LogP contribution < -0.4 is 15.0 Å². The minimum absolute atomic E-state index is 0.0613. The van der Waals surface area contributed by atoms with E-state index in [1.165, 1.54) is 11.8 Å². The van der Waals surface area contributed by atoms with Gasteiger partial charge in [-0.1, -0.05) is 42.1 Å². The summed E-state index contributed by atoms with van der Waals surface area (Å²) in [6.45, 7) is 3.28.